The number of aryl methyl sites for hydroxylation is 1. The lowest BCUT2D eigenvalue weighted by Crippen LogP contribution is -2.48. The molecular formula is C19H30N2O. The van der Waals surface area contributed by atoms with Crippen molar-refractivity contribution < 1.29 is 5.11 Å². The van der Waals surface area contributed by atoms with Gasteiger partial charge in [0.05, 0.1) is 0 Å². The summed E-state index contributed by atoms with van der Waals surface area (Å²) < 4.78 is 0. The summed E-state index contributed by atoms with van der Waals surface area (Å²) in [7, 11) is 0. The molecule has 1 saturated heterocycles. The summed E-state index contributed by atoms with van der Waals surface area (Å²) >= 11 is 0. The molecule has 3 heteroatoms. The van der Waals surface area contributed by atoms with Crippen LogP contribution in [0.1, 0.15) is 50.2 Å². The number of benzene rings is 1. The van der Waals surface area contributed by atoms with Gasteiger partial charge in [-0.15, -0.1) is 0 Å². The highest BCUT2D eigenvalue weighted by molar-refractivity contribution is 5.35. The molecule has 1 aromatic rings. The van der Waals surface area contributed by atoms with Crippen molar-refractivity contribution >= 4 is 0 Å². The van der Waals surface area contributed by atoms with Crippen LogP contribution in [0.15, 0.2) is 24.3 Å². The Balaban J connectivity index is 1.56. The Morgan fingerprint density at radius 3 is 2.82 bits per heavy atom. The van der Waals surface area contributed by atoms with Crippen LogP contribution in [-0.2, 0) is 12.0 Å². The average molecular weight is 302 g/mol. The van der Waals surface area contributed by atoms with Gasteiger partial charge in [-0.05, 0) is 69.3 Å². The van der Waals surface area contributed by atoms with Gasteiger partial charge >= 0.3 is 0 Å². The van der Waals surface area contributed by atoms with E-state index in [1.807, 2.05) is 0 Å². The summed E-state index contributed by atoms with van der Waals surface area (Å²) in [6.07, 6.45) is 6.73. The largest absolute Gasteiger partial charge is 0.384 e. The van der Waals surface area contributed by atoms with Crippen molar-refractivity contribution in [2.45, 2.75) is 57.1 Å². The fourth-order valence-electron chi connectivity index (χ4n) is 4.07. The summed E-state index contributed by atoms with van der Waals surface area (Å²) in [5.41, 5.74) is 1.81. The number of nitrogens with zero attached hydrogens (tertiary/aromatic N) is 1. The molecule has 1 fully saturated rings. The topological polar surface area (TPSA) is 35.5 Å². The third-order valence-electron chi connectivity index (χ3n) is 5.37. The monoisotopic (exact) mass is 302 g/mol. The van der Waals surface area contributed by atoms with Gasteiger partial charge in [-0.25, -0.2) is 0 Å². The van der Waals surface area contributed by atoms with Gasteiger partial charge < -0.3 is 15.3 Å². The number of piperidine rings is 1. The van der Waals surface area contributed by atoms with Crippen molar-refractivity contribution in [2.75, 3.05) is 26.2 Å². The van der Waals surface area contributed by atoms with Gasteiger partial charge in [-0.2, -0.15) is 0 Å². The second-order valence-corrected chi connectivity index (χ2v) is 7.04. The molecule has 0 bridgehead atoms. The molecule has 0 radical (unpaired) electrons. The molecule has 22 heavy (non-hydrogen) atoms. The Labute approximate surface area is 134 Å². The Kier molecular flexibility index (Phi) is 5.17. The minimum absolute atomic E-state index is 0.561. The van der Waals surface area contributed by atoms with Crippen molar-refractivity contribution in [3.05, 3.63) is 35.4 Å². The van der Waals surface area contributed by atoms with Crippen molar-refractivity contribution in [1.29, 1.82) is 0 Å². The van der Waals surface area contributed by atoms with Crippen LogP contribution in [0.2, 0.25) is 0 Å². The van der Waals surface area contributed by atoms with Crippen LogP contribution in [0.3, 0.4) is 0 Å². The fourth-order valence-corrected chi connectivity index (χ4v) is 4.07. The minimum atomic E-state index is -0.671. The first kappa shape index (κ1) is 16.0. The highest BCUT2D eigenvalue weighted by Crippen LogP contribution is 2.34. The van der Waals surface area contributed by atoms with E-state index in [0.29, 0.717) is 12.6 Å². The van der Waals surface area contributed by atoms with Crippen LogP contribution in [-0.4, -0.2) is 42.2 Å². The van der Waals surface area contributed by atoms with Gasteiger partial charge in [-0.1, -0.05) is 31.2 Å². The molecule has 3 nitrogen and oxygen atoms in total. The number of fused-ring (bicyclic) bond motifs is 1. The Morgan fingerprint density at radius 1 is 1.27 bits per heavy atom. The third kappa shape index (κ3) is 3.53. The highest BCUT2D eigenvalue weighted by atomic mass is 16.3. The quantitative estimate of drug-likeness (QED) is 0.878. The molecule has 3 rings (SSSR count). The Hall–Kier alpha value is -0.900. The Bertz CT molecular complexity index is 482. The van der Waals surface area contributed by atoms with E-state index in [9.17, 15) is 5.11 Å². The molecule has 0 aromatic heterocycles. The SMILES string of the molecule is CCCN1CCC(NCC2(O)CCCc3ccccc32)CC1. The van der Waals surface area contributed by atoms with E-state index in [-0.39, 0.29) is 0 Å². The first-order chi connectivity index (χ1) is 10.7. The molecule has 1 aliphatic heterocycles. The lowest BCUT2D eigenvalue weighted by Gasteiger charge is -2.38. The van der Waals surface area contributed by atoms with Gasteiger partial charge in [0.2, 0.25) is 0 Å². The zero-order chi connectivity index (χ0) is 15.4. The fraction of sp³-hybridized carbons (Fsp3) is 0.684. The van der Waals surface area contributed by atoms with E-state index in [1.165, 1.54) is 44.5 Å². The summed E-state index contributed by atoms with van der Waals surface area (Å²) in [6.45, 7) is 6.56. The number of hydrogen-bond donors (Lipinski definition) is 2. The third-order valence-corrected chi connectivity index (χ3v) is 5.37. The maximum Gasteiger partial charge on any atom is 0.102 e. The predicted molar refractivity (Wildman–Crippen MR) is 91.0 cm³/mol. The molecule has 0 spiro atoms. The Morgan fingerprint density at radius 2 is 2.05 bits per heavy atom. The van der Waals surface area contributed by atoms with Crippen molar-refractivity contribution in [3.8, 4) is 0 Å². The maximum absolute atomic E-state index is 11.1. The van der Waals surface area contributed by atoms with Crippen LogP contribution in [0.4, 0.5) is 0 Å². The summed E-state index contributed by atoms with van der Waals surface area (Å²) in [6, 6.07) is 8.98. The molecule has 122 valence electrons. The number of likely N-dealkylation sites (tertiary alicyclic amines) is 1. The predicted octanol–water partition coefficient (Wildman–Crippen LogP) is 2.67. The van der Waals surface area contributed by atoms with Gasteiger partial charge in [0.15, 0.2) is 0 Å². The number of aliphatic hydroxyl groups is 1. The normalized spacial score (nSPS) is 26.8. The van der Waals surface area contributed by atoms with Gasteiger partial charge in [0.1, 0.15) is 5.60 Å². The second-order valence-electron chi connectivity index (χ2n) is 7.04. The summed E-state index contributed by atoms with van der Waals surface area (Å²) in [4.78, 5) is 2.56. The molecule has 2 aliphatic rings. The van der Waals surface area contributed by atoms with E-state index in [0.717, 1.165) is 24.8 Å². The van der Waals surface area contributed by atoms with Crippen molar-refractivity contribution in [3.63, 3.8) is 0 Å². The number of nitrogens with one attached hydrogen (secondary N) is 1. The lowest BCUT2D eigenvalue weighted by molar-refractivity contribution is 0.0143. The second kappa shape index (κ2) is 7.12. The molecule has 1 heterocycles. The molecule has 2 N–H and O–H groups in total. The minimum Gasteiger partial charge on any atom is -0.384 e. The summed E-state index contributed by atoms with van der Waals surface area (Å²) in [5.74, 6) is 0. The van der Waals surface area contributed by atoms with Crippen LogP contribution in [0.25, 0.3) is 0 Å². The summed E-state index contributed by atoms with van der Waals surface area (Å²) in [5, 5.41) is 14.8. The standard InChI is InChI=1S/C19H30N2O/c1-2-12-21-13-9-17(10-14-21)20-15-19(22)11-5-7-16-6-3-4-8-18(16)19/h3-4,6,8,17,20,22H,2,5,7,9-15H2,1H3. The zero-order valence-electron chi connectivity index (χ0n) is 13.9. The van der Waals surface area contributed by atoms with E-state index < -0.39 is 5.60 Å². The van der Waals surface area contributed by atoms with E-state index in [4.69, 9.17) is 0 Å². The number of rotatable bonds is 5. The van der Waals surface area contributed by atoms with E-state index in [1.54, 1.807) is 0 Å². The van der Waals surface area contributed by atoms with Gasteiger partial charge in [-0.3, -0.25) is 0 Å². The maximum atomic E-state index is 11.1. The molecule has 1 unspecified atom stereocenters. The van der Waals surface area contributed by atoms with Crippen molar-refractivity contribution in [2.24, 2.45) is 0 Å². The zero-order valence-corrected chi connectivity index (χ0v) is 13.9. The lowest BCUT2D eigenvalue weighted by atomic mass is 9.79. The van der Waals surface area contributed by atoms with Crippen LogP contribution >= 0.6 is 0 Å². The van der Waals surface area contributed by atoms with Gasteiger partial charge in [0, 0.05) is 12.6 Å². The molecule has 1 atom stereocenters. The van der Waals surface area contributed by atoms with Crippen LogP contribution < -0.4 is 5.32 Å². The number of hydrogen-bond acceptors (Lipinski definition) is 3. The van der Waals surface area contributed by atoms with Crippen LogP contribution in [0, 0.1) is 0 Å². The molecular weight excluding hydrogens is 272 g/mol. The average Bonchev–Trinajstić information content (AvgIpc) is 2.55. The van der Waals surface area contributed by atoms with E-state index >= 15 is 0 Å². The molecule has 0 saturated carbocycles. The smallest absolute Gasteiger partial charge is 0.102 e. The first-order valence-electron chi connectivity index (χ1n) is 8.98. The molecule has 1 aromatic carbocycles. The van der Waals surface area contributed by atoms with E-state index in [2.05, 4.69) is 41.4 Å². The van der Waals surface area contributed by atoms with Crippen LogP contribution in [0.5, 0.6) is 0 Å². The highest BCUT2D eigenvalue weighted by Gasteiger charge is 2.34. The van der Waals surface area contributed by atoms with Gasteiger partial charge in [0.25, 0.3) is 0 Å². The molecule has 0 amide bonds. The van der Waals surface area contributed by atoms with Crippen molar-refractivity contribution in [1.82, 2.24) is 10.2 Å². The molecule has 1 aliphatic carbocycles. The first-order valence-corrected chi connectivity index (χ1v) is 8.98.